The van der Waals surface area contributed by atoms with Gasteiger partial charge in [0.25, 0.3) is 0 Å². The van der Waals surface area contributed by atoms with Gasteiger partial charge in [0.1, 0.15) is 0 Å². The maximum atomic E-state index is 13.5. The van der Waals surface area contributed by atoms with E-state index in [1.165, 1.54) is 6.07 Å². The molecule has 0 heterocycles. The number of carboxylic acid groups (broad SMARTS) is 2. The molecule has 1 aliphatic carbocycles. The van der Waals surface area contributed by atoms with E-state index >= 15 is 0 Å². The number of carboxylic acids is 2. The lowest BCUT2D eigenvalue weighted by Crippen LogP contribution is -2.24. The normalized spacial score (nSPS) is 13.5. The monoisotopic (exact) mass is 456 g/mol. The van der Waals surface area contributed by atoms with Crippen LogP contribution >= 0.6 is 0 Å². The molecule has 172 valence electrons. The Hall–Kier alpha value is -4.10. The maximum Gasteiger partial charge on any atom is 0.336 e. The first-order chi connectivity index (χ1) is 16.3. The number of hydrogen-bond donors (Lipinski definition) is 3. The van der Waals surface area contributed by atoms with Crippen LogP contribution in [0.15, 0.2) is 59.6 Å². The predicted molar refractivity (Wildman–Crippen MR) is 129 cm³/mol. The zero-order valence-corrected chi connectivity index (χ0v) is 18.7. The van der Waals surface area contributed by atoms with Crippen LogP contribution in [0.3, 0.4) is 0 Å². The van der Waals surface area contributed by atoms with Crippen LogP contribution in [-0.4, -0.2) is 40.2 Å². The summed E-state index contributed by atoms with van der Waals surface area (Å²) in [4.78, 5) is 41.7. The van der Waals surface area contributed by atoms with Gasteiger partial charge in [0.05, 0.1) is 16.8 Å². The zero-order chi connectivity index (χ0) is 24.4. The second-order valence-corrected chi connectivity index (χ2v) is 8.13. The molecule has 3 aromatic rings. The minimum Gasteiger partial charge on any atom is -0.478 e. The molecular weight excluding hydrogens is 432 g/mol. The van der Waals surface area contributed by atoms with Crippen molar-refractivity contribution in [1.29, 1.82) is 0 Å². The van der Waals surface area contributed by atoms with Crippen molar-refractivity contribution in [3.8, 4) is 11.1 Å². The van der Waals surface area contributed by atoms with Gasteiger partial charge >= 0.3 is 11.9 Å². The second-order valence-electron chi connectivity index (χ2n) is 8.13. The molecule has 0 fully saturated rings. The lowest BCUT2D eigenvalue weighted by atomic mass is 9.80. The molecule has 0 aliphatic heterocycles. The fraction of sp³-hybridized carbons (Fsp3) is 0.185. The average molecular weight is 456 g/mol. The summed E-state index contributed by atoms with van der Waals surface area (Å²) < 4.78 is 0. The number of ketones is 1. The molecule has 1 aliphatic rings. The highest BCUT2D eigenvalue weighted by Gasteiger charge is 2.32. The van der Waals surface area contributed by atoms with Crippen molar-refractivity contribution < 1.29 is 24.6 Å². The highest BCUT2D eigenvalue weighted by atomic mass is 16.4. The third kappa shape index (κ3) is 4.13. The lowest BCUT2D eigenvalue weighted by Gasteiger charge is -2.23. The van der Waals surface area contributed by atoms with Gasteiger partial charge < -0.3 is 15.9 Å². The van der Waals surface area contributed by atoms with E-state index in [9.17, 15) is 24.6 Å². The van der Waals surface area contributed by atoms with Gasteiger partial charge in [-0.05, 0) is 41.3 Å². The maximum absolute atomic E-state index is 13.5. The third-order valence-corrected chi connectivity index (χ3v) is 5.94. The molecular formula is C27H24N2O5. The molecule has 0 radical (unpaired) electrons. The van der Waals surface area contributed by atoms with Crippen LogP contribution < -0.4 is 5.73 Å². The van der Waals surface area contributed by atoms with Gasteiger partial charge in [0.15, 0.2) is 5.78 Å². The summed E-state index contributed by atoms with van der Waals surface area (Å²) in [7, 11) is 0. The molecule has 3 aromatic carbocycles. The summed E-state index contributed by atoms with van der Waals surface area (Å²) in [5.74, 6) is -3.14. The first kappa shape index (κ1) is 23.1. The van der Waals surface area contributed by atoms with Gasteiger partial charge in [-0.25, -0.2) is 9.59 Å². The van der Waals surface area contributed by atoms with E-state index in [4.69, 9.17) is 10.7 Å². The standard InChI is InChI=1S/C27H24N2O5/c1-2-3-10-29-24-18-9-8-17(16-6-4-15(14-28)5-7-16)11-20(18)25(30)21-13-23(27(33)34)22(26(31)32)12-19(21)24/h4-9,11-13H,2-3,10,14,28H2,1H3,(H,31,32)(H,33,34). The van der Waals surface area contributed by atoms with E-state index in [0.29, 0.717) is 35.5 Å². The lowest BCUT2D eigenvalue weighted by molar-refractivity contribution is 0.0651. The molecule has 0 atom stereocenters. The first-order valence-electron chi connectivity index (χ1n) is 11.0. The molecule has 34 heavy (non-hydrogen) atoms. The Labute approximate surface area is 196 Å². The Morgan fingerprint density at radius 2 is 1.41 bits per heavy atom. The average Bonchev–Trinajstić information content (AvgIpc) is 2.85. The van der Waals surface area contributed by atoms with Gasteiger partial charge in [-0.2, -0.15) is 0 Å². The van der Waals surface area contributed by atoms with Gasteiger partial charge in [0.2, 0.25) is 0 Å². The van der Waals surface area contributed by atoms with Crippen LogP contribution in [0.1, 0.15) is 73.1 Å². The second kappa shape index (κ2) is 9.41. The van der Waals surface area contributed by atoms with E-state index in [2.05, 4.69) is 0 Å². The first-order valence-corrected chi connectivity index (χ1v) is 11.0. The van der Waals surface area contributed by atoms with Crippen LogP contribution in [-0.2, 0) is 6.54 Å². The van der Waals surface area contributed by atoms with Gasteiger partial charge in [-0.15, -0.1) is 0 Å². The number of carbonyl (C=O) groups excluding carboxylic acids is 1. The summed E-state index contributed by atoms with van der Waals surface area (Å²) in [6.45, 7) is 2.97. The summed E-state index contributed by atoms with van der Waals surface area (Å²) in [5.41, 5.74) is 9.61. The molecule has 4 rings (SSSR count). The topological polar surface area (TPSA) is 130 Å². The van der Waals surface area contributed by atoms with Crippen LogP contribution in [0.25, 0.3) is 11.1 Å². The van der Waals surface area contributed by atoms with E-state index in [0.717, 1.165) is 35.6 Å². The highest BCUT2D eigenvalue weighted by molar-refractivity contribution is 6.31. The fourth-order valence-corrected chi connectivity index (χ4v) is 4.10. The Bertz CT molecular complexity index is 1340. The highest BCUT2D eigenvalue weighted by Crippen LogP contribution is 2.33. The van der Waals surface area contributed by atoms with E-state index < -0.39 is 17.5 Å². The number of benzene rings is 3. The minimum absolute atomic E-state index is 0.140. The van der Waals surface area contributed by atoms with Crippen molar-refractivity contribution in [2.24, 2.45) is 10.7 Å². The van der Waals surface area contributed by atoms with Crippen molar-refractivity contribution in [1.82, 2.24) is 0 Å². The van der Waals surface area contributed by atoms with E-state index in [-0.39, 0.29) is 16.9 Å². The Morgan fingerprint density at radius 1 is 0.824 bits per heavy atom. The number of aliphatic imine (C=N–C) groups is 1. The number of hydrogen-bond acceptors (Lipinski definition) is 5. The largest absolute Gasteiger partial charge is 0.478 e. The molecule has 0 bridgehead atoms. The Balaban J connectivity index is 1.92. The number of nitrogens with two attached hydrogens (primary N) is 1. The summed E-state index contributed by atoms with van der Waals surface area (Å²) in [6.07, 6.45) is 1.75. The van der Waals surface area contributed by atoms with E-state index in [1.807, 2.05) is 43.3 Å². The van der Waals surface area contributed by atoms with Crippen LogP contribution in [0.2, 0.25) is 0 Å². The number of carbonyl (C=O) groups is 3. The molecule has 0 saturated heterocycles. The predicted octanol–water partition coefficient (Wildman–Crippen LogP) is 4.39. The molecule has 7 heteroatoms. The number of nitrogens with zero attached hydrogens (tertiary/aromatic N) is 1. The molecule has 0 spiro atoms. The number of aromatic carboxylic acids is 2. The van der Waals surface area contributed by atoms with Crippen LogP contribution in [0.4, 0.5) is 0 Å². The quantitative estimate of drug-likeness (QED) is 0.354. The molecule has 0 unspecified atom stereocenters. The summed E-state index contributed by atoms with van der Waals surface area (Å²) in [5, 5.41) is 19.1. The third-order valence-electron chi connectivity index (χ3n) is 5.94. The van der Waals surface area contributed by atoms with Crippen molar-refractivity contribution in [2.45, 2.75) is 26.3 Å². The van der Waals surface area contributed by atoms with Gasteiger partial charge in [-0.3, -0.25) is 9.79 Å². The smallest absolute Gasteiger partial charge is 0.336 e. The van der Waals surface area contributed by atoms with Gasteiger partial charge in [-0.1, -0.05) is 49.7 Å². The Morgan fingerprint density at radius 3 is 2.00 bits per heavy atom. The summed E-state index contributed by atoms with van der Waals surface area (Å²) in [6, 6.07) is 15.6. The SMILES string of the molecule is CCCCN=C1c2ccc(-c3ccc(CN)cc3)cc2C(=O)c2cc(C(=O)O)c(C(=O)O)cc21. The number of fused-ring (bicyclic) bond motifs is 2. The molecule has 0 amide bonds. The van der Waals surface area contributed by atoms with Crippen molar-refractivity contribution >= 4 is 23.4 Å². The van der Waals surface area contributed by atoms with Crippen LogP contribution in [0.5, 0.6) is 0 Å². The van der Waals surface area contributed by atoms with E-state index in [1.54, 1.807) is 6.07 Å². The van der Waals surface area contributed by atoms with Crippen molar-refractivity contribution in [3.05, 3.63) is 93.5 Å². The minimum atomic E-state index is -1.41. The molecule has 0 aromatic heterocycles. The molecule has 0 saturated carbocycles. The van der Waals surface area contributed by atoms with Crippen LogP contribution in [0, 0.1) is 0 Å². The summed E-state index contributed by atoms with van der Waals surface area (Å²) >= 11 is 0. The van der Waals surface area contributed by atoms with Gasteiger partial charge in [0, 0.05) is 35.3 Å². The fourth-order valence-electron chi connectivity index (χ4n) is 4.10. The molecule has 4 N–H and O–H groups in total. The molecule has 7 nitrogen and oxygen atoms in total. The number of rotatable bonds is 7. The van der Waals surface area contributed by atoms with Crippen molar-refractivity contribution in [2.75, 3.05) is 6.54 Å². The zero-order valence-electron chi connectivity index (χ0n) is 18.7. The van der Waals surface area contributed by atoms with Crippen molar-refractivity contribution in [3.63, 3.8) is 0 Å². The Kier molecular flexibility index (Phi) is 6.38. The number of unbranched alkanes of at least 4 members (excludes halogenated alkanes) is 1.